The maximum atomic E-state index is 11.9. The number of nitrogens with one attached hydrogen (secondary N) is 1. The number of ether oxygens (including phenoxy) is 1. The molecule has 1 saturated carbocycles. The maximum absolute atomic E-state index is 11.9. The number of hydrogen-bond donors (Lipinski definition) is 3. The predicted octanol–water partition coefficient (Wildman–Crippen LogP) is 2.99. The number of hydrogen-bond acceptors (Lipinski definition) is 5. The smallest absolute Gasteiger partial charge is 0.335 e. The van der Waals surface area contributed by atoms with E-state index in [2.05, 4.69) is 5.32 Å². The number of carboxylic acids is 1. The van der Waals surface area contributed by atoms with Gasteiger partial charge in [0.2, 0.25) is 5.91 Å². The van der Waals surface area contributed by atoms with E-state index in [4.69, 9.17) is 15.6 Å². The molecule has 0 bridgehead atoms. The van der Waals surface area contributed by atoms with Gasteiger partial charge in [0.25, 0.3) is 0 Å². The van der Waals surface area contributed by atoms with Crippen LogP contribution in [0.2, 0.25) is 0 Å². The Morgan fingerprint density at radius 2 is 2.08 bits per heavy atom. The molecule has 0 atom stereocenters. The second-order valence-electron chi connectivity index (χ2n) is 5.84. The minimum atomic E-state index is -1.05. The topological polar surface area (TPSA) is 102 Å². The molecular formula is C17H24N2O4S. The van der Waals surface area contributed by atoms with Crippen molar-refractivity contribution in [2.45, 2.75) is 38.2 Å². The first kappa shape index (κ1) is 18.6. The van der Waals surface area contributed by atoms with Gasteiger partial charge in [-0.2, -0.15) is 11.8 Å². The van der Waals surface area contributed by atoms with Crippen molar-refractivity contribution in [2.24, 2.45) is 0 Å². The lowest BCUT2D eigenvalue weighted by Gasteiger charge is -2.11. The number of carboxylic acid groups (broad SMARTS) is 1. The molecule has 0 aliphatic heterocycles. The van der Waals surface area contributed by atoms with Crippen molar-refractivity contribution in [3.8, 4) is 0 Å². The molecule has 2 rings (SSSR count). The molecule has 24 heavy (non-hydrogen) atoms. The Hall–Kier alpha value is -1.73. The van der Waals surface area contributed by atoms with E-state index in [-0.39, 0.29) is 11.5 Å². The third-order valence-corrected chi connectivity index (χ3v) is 4.94. The lowest BCUT2D eigenvalue weighted by atomic mass is 10.1. The third-order valence-electron chi connectivity index (χ3n) is 3.90. The predicted molar refractivity (Wildman–Crippen MR) is 96.6 cm³/mol. The molecular weight excluding hydrogens is 328 g/mol. The van der Waals surface area contributed by atoms with Gasteiger partial charge in [-0.25, -0.2) is 4.79 Å². The minimum absolute atomic E-state index is 0.0937. The maximum Gasteiger partial charge on any atom is 0.335 e. The molecule has 0 unspecified atom stereocenters. The molecule has 1 aliphatic rings. The van der Waals surface area contributed by atoms with Crippen LogP contribution in [0.4, 0.5) is 11.4 Å². The molecule has 0 aromatic heterocycles. The van der Waals surface area contributed by atoms with Crippen molar-refractivity contribution in [2.75, 3.05) is 29.2 Å². The number of carbonyl (C=O) groups excluding carboxylic acids is 1. The molecule has 0 radical (unpaired) electrons. The van der Waals surface area contributed by atoms with Crippen molar-refractivity contribution >= 4 is 35.0 Å². The Morgan fingerprint density at radius 1 is 1.33 bits per heavy atom. The number of carbonyl (C=O) groups is 2. The number of amides is 1. The van der Waals surface area contributed by atoms with E-state index >= 15 is 0 Å². The van der Waals surface area contributed by atoms with Gasteiger partial charge < -0.3 is 20.9 Å². The molecule has 4 N–H and O–H groups in total. The summed E-state index contributed by atoms with van der Waals surface area (Å²) in [5.74, 6) is -0.0848. The summed E-state index contributed by atoms with van der Waals surface area (Å²) in [5.41, 5.74) is 6.54. The van der Waals surface area contributed by atoms with E-state index in [0.717, 1.165) is 18.8 Å². The van der Waals surface area contributed by atoms with E-state index < -0.39 is 5.97 Å². The first-order valence-corrected chi connectivity index (χ1v) is 9.34. The quantitative estimate of drug-likeness (QED) is 0.466. The molecule has 1 amide bonds. The van der Waals surface area contributed by atoms with Gasteiger partial charge in [-0.05, 0) is 43.2 Å². The van der Waals surface area contributed by atoms with Crippen LogP contribution in [-0.2, 0) is 9.53 Å². The molecule has 7 heteroatoms. The van der Waals surface area contributed by atoms with E-state index in [1.807, 2.05) is 0 Å². The number of nitrogens with two attached hydrogens (primary N) is 1. The van der Waals surface area contributed by atoms with Crippen LogP contribution < -0.4 is 11.1 Å². The average molecular weight is 352 g/mol. The van der Waals surface area contributed by atoms with Gasteiger partial charge >= 0.3 is 5.97 Å². The van der Waals surface area contributed by atoms with Crippen LogP contribution in [0.25, 0.3) is 0 Å². The Balaban J connectivity index is 1.64. The summed E-state index contributed by atoms with van der Waals surface area (Å²) in [7, 11) is 0. The summed E-state index contributed by atoms with van der Waals surface area (Å²) in [6.07, 6.45) is 6.24. The highest BCUT2D eigenvalue weighted by atomic mass is 32.2. The van der Waals surface area contributed by atoms with E-state index in [0.29, 0.717) is 23.2 Å². The molecule has 1 aromatic rings. The summed E-state index contributed by atoms with van der Waals surface area (Å²) in [6, 6.07) is 4.26. The lowest BCUT2D eigenvalue weighted by Crippen LogP contribution is -2.16. The standard InChI is InChI=1S/C17H24N2O4S/c18-14-7-6-12(17(21)22)10-15(14)19-16(20)11-24-9-3-8-23-13-4-1-2-5-13/h6-7,10,13H,1-5,8-9,11,18H2,(H,19,20)(H,21,22). The van der Waals surface area contributed by atoms with Crippen LogP contribution >= 0.6 is 11.8 Å². The molecule has 6 nitrogen and oxygen atoms in total. The molecule has 1 aromatic carbocycles. The SMILES string of the molecule is Nc1ccc(C(=O)O)cc1NC(=O)CSCCCOC1CCCC1. The van der Waals surface area contributed by atoms with E-state index in [9.17, 15) is 9.59 Å². The van der Waals surface area contributed by atoms with Crippen LogP contribution in [0.5, 0.6) is 0 Å². The van der Waals surface area contributed by atoms with Gasteiger partial charge in [-0.15, -0.1) is 0 Å². The summed E-state index contributed by atoms with van der Waals surface area (Å²) in [4.78, 5) is 22.9. The molecule has 1 aliphatic carbocycles. The van der Waals surface area contributed by atoms with Crippen molar-refractivity contribution in [1.82, 2.24) is 0 Å². The van der Waals surface area contributed by atoms with Crippen LogP contribution in [-0.4, -0.2) is 41.2 Å². The fourth-order valence-electron chi connectivity index (χ4n) is 2.61. The molecule has 1 fully saturated rings. The number of anilines is 2. The number of nitrogen functional groups attached to an aromatic ring is 1. The Labute approximate surface area is 146 Å². The number of benzene rings is 1. The second kappa shape index (κ2) is 9.54. The summed E-state index contributed by atoms with van der Waals surface area (Å²) < 4.78 is 5.77. The number of thioether (sulfide) groups is 1. The van der Waals surface area contributed by atoms with Crippen LogP contribution in [0.1, 0.15) is 42.5 Å². The van der Waals surface area contributed by atoms with Crippen LogP contribution in [0, 0.1) is 0 Å². The molecule has 0 spiro atoms. The highest BCUT2D eigenvalue weighted by molar-refractivity contribution is 7.99. The van der Waals surface area contributed by atoms with Gasteiger partial charge in [0.15, 0.2) is 0 Å². The highest BCUT2D eigenvalue weighted by Gasteiger charge is 2.14. The Kier molecular flexibility index (Phi) is 7.39. The van der Waals surface area contributed by atoms with Crippen LogP contribution in [0.15, 0.2) is 18.2 Å². The highest BCUT2D eigenvalue weighted by Crippen LogP contribution is 2.22. The summed E-state index contributed by atoms with van der Waals surface area (Å²) in [6.45, 7) is 0.743. The zero-order valence-corrected chi connectivity index (χ0v) is 14.4. The van der Waals surface area contributed by atoms with Crippen LogP contribution in [0.3, 0.4) is 0 Å². The van der Waals surface area contributed by atoms with Gasteiger partial charge in [0, 0.05) is 6.61 Å². The summed E-state index contributed by atoms with van der Waals surface area (Å²) >= 11 is 1.53. The average Bonchev–Trinajstić information content (AvgIpc) is 3.06. The largest absolute Gasteiger partial charge is 0.478 e. The van der Waals surface area contributed by atoms with Gasteiger partial charge in [-0.3, -0.25) is 4.79 Å². The van der Waals surface area contributed by atoms with E-state index in [1.54, 1.807) is 0 Å². The zero-order valence-electron chi connectivity index (χ0n) is 13.6. The van der Waals surface area contributed by atoms with Crippen molar-refractivity contribution < 1.29 is 19.4 Å². The summed E-state index contributed by atoms with van der Waals surface area (Å²) in [5, 5.41) is 11.6. The fraction of sp³-hybridized carbons (Fsp3) is 0.529. The minimum Gasteiger partial charge on any atom is -0.478 e. The molecule has 0 heterocycles. The van der Waals surface area contributed by atoms with Gasteiger partial charge in [0.05, 0.1) is 28.8 Å². The third kappa shape index (κ3) is 6.05. The van der Waals surface area contributed by atoms with Gasteiger partial charge in [0.1, 0.15) is 0 Å². The Morgan fingerprint density at radius 3 is 2.79 bits per heavy atom. The lowest BCUT2D eigenvalue weighted by molar-refractivity contribution is -0.113. The first-order valence-electron chi connectivity index (χ1n) is 8.18. The second-order valence-corrected chi connectivity index (χ2v) is 6.94. The molecule has 0 saturated heterocycles. The zero-order chi connectivity index (χ0) is 17.4. The molecule has 132 valence electrons. The van der Waals surface area contributed by atoms with Crippen molar-refractivity contribution in [3.63, 3.8) is 0 Å². The first-order chi connectivity index (χ1) is 11.6. The van der Waals surface area contributed by atoms with E-state index in [1.165, 1.54) is 55.6 Å². The normalized spacial score (nSPS) is 14.7. The fourth-order valence-corrected chi connectivity index (χ4v) is 3.34. The van der Waals surface area contributed by atoms with Crippen molar-refractivity contribution in [3.05, 3.63) is 23.8 Å². The number of aromatic carboxylic acids is 1. The monoisotopic (exact) mass is 352 g/mol. The van der Waals surface area contributed by atoms with Gasteiger partial charge in [-0.1, -0.05) is 12.8 Å². The van der Waals surface area contributed by atoms with Crippen molar-refractivity contribution in [1.29, 1.82) is 0 Å². The number of rotatable bonds is 9. The Bertz CT molecular complexity index is 574.